The molecule has 0 bridgehead atoms. The largest absolute Gasteiger partial charge is 0.506 e. The van der Waals surface area contributed by atoms with Gasteiger partial charge in [-0.3, -0.25) is 4.79 Å². The van der Waals surface area contributed by atoms with Crippen molar-refractivity contribution < 1.29 is 15.0 Å². The van der Waals surface area contributed by atoms with Crippen LogP contribution in [0, 0.1) is 0 Å². The summed E-state index contributed by atoms with van der Waals surface area (Å²) in [6.45, 7) is 0. The van der Waals surface area contributed by atoms with E-state index in [1.165, 1.54) is 11.3 Å². The zero-order valence-electron chi connectivity index (χ0n) is 7.23. The Labute approximate surface area is 84.2 Å². The maximum absolute atomic E-state index is 10.5. The molecule has 0 saturated heterocycles. The highest BCUT2D eigenvalue weighted by atomic mass is 32.1. The quantitative estimate of drug-likeness (QED) is 0.795. The van der Waals surface area contributed by atoms with Crippen molar-refractivity contribution in [3.8, 4) is 5.75 Å². The molecule has 0 fully saturated rings. The average molecular weight is 208 g/mol. The highest BCUT2D eigenvalue weighted by Crippen LogP contribution is 2.36. The molecule has 0 aliphatic heterocycles. The molecule has 0 aliphatic rings. The summed E-state index contributed by atoms with van der Waals surface area (Å²) in [5.74, 6) is -0.820. The molecule has 2 rings (SSSR count). The zero-order chi connectivity index (χ0) is 10.1. The zero-order valence-corrected chi connectivity index (χ0v) is 8.04. The highest BCUT2D eigenvalue weighted by molar-refractivity contribution is 7.19. The Morgan fingerprint density at radius 1 is 1.36 bits per heavy atom. The second-order valence-electron chi connectivity index (χ2n) is 2.94. The number of carbonyl (C=O) groups is 1. The Morgan fingerprint density at radius 2 is 2.07 bits per heavy atom. The van der Waals surface area contributed by atoms with E-state index in [-0.39, 0.29) is 12.2 Å². The van der Waals surface area contributed by atoms with Crippen LogP contribution in [0.3, 0.4) is 0 Å². The van der Waals surface area contributed by atoms with Crippen molar-refractivity contribution in [3.05, 3.63) is 29.1 Å². The van der Waals surface area contributed by atoms with Crippen LogP contribution in [0.5, 0.6) is 5.75 Å². The first-order chi connectivity index (χ1) is 6.68. The predicted octanol–water partition coefficient (Wildman–Crippen LogP) is 2.23. The minimum absolute atomic E-state index is 0.105. The summed E-state index contributed by atoms with van der Waals surface area (Å²) in [4.78, 5) is 11.0. The number of aromatic hydroxyl groups is 1. The number of carboxylic acids is 1. The van der Waals surface area contributed by atoms with Crippen LogP contribution in [0.1, 0.15) is 4.88 Å². The summed E-state index contributed by atoms with van der Waals surface area (Å²) in [7, 11) is 0. The monoisotopic (exact) mass is 208 g/mol. The summed E-state index contributed by atoms with van der Waals surface area (Å²) in [5.41, 5.74) is 0. The summed E-state index contributed by atoms with van der Waals surface area (Å²) < 4.78 is 0.918. The van der Waals surface area contributed by atoms with Gasteiger partial charge >= 0.3 is 5.97 Å². The van der Waals surface area contributed by atoms with Gasteiger partial charge in [0.05, 0.1) is 11.3 Å². The summed E-state index contributed by atoms with van der Waals surface area (Å²) in [6, 6.07) is 7.33. The fourth-order valence-corrected chi connectivity index (χ4v) is 2.43. The first-order valence-electron chi connectivity index (χ1n) is 4.09. The van der Waals surface area contributed by atoms with Gasteiger partial charge in [-0.05, 0) is 12.1 Å². The fourth-order valence-electron chi connectivity index (χ4n) is 1.34. The second kappa shape index (κ2) is 3.31. The van der Waals surface area contributed by atoms with Crippen LogP contribution >= 0.6 is 11.3 Å². The number of aliphatic carboxylic acids is 1. The Bertz CT molecular complexity index is 487. The Kier molecular flexibility index (Phi) is 2.13. The van der Waals surface area contributed by atoms with Crippen LogP contribution in [0.4, 0.5) is 0 Å². The molecular formula is C10H8O3S. The maximum atomic E-state index is 10.5. The third kappa shape index (κ3) is 1.44. The molecule has 14 heavy (non-hydrogen) atoms. The predicted molar refractivity (Wildman–Crippen MR) is 54.8 cm³/mol. The summed E-state index contributed by atoms with van der Waals surface area (Å²) >= 11 is 1.32. The van der Waals surface area contributed by atoms with E-state index in [1.54, 1.807) is 6.07 Å². The third-order valence-corrected chi connectivity index (χ3v) is 3.11. The van der Waals surface area contributed by atoms with E-state index in [9.17, 15) is 9.90 Å². The van der Waals surface area contributed by atoms with E-state index in [4.69, 9.17) is 5.11 Å². The van der Waals surface area contributed by atoms with Crippen molar-refractivity contribution in [2.75, 3.05) is 0 Å². The normalized spacial score (nSPS) is 10.6. The molecular weight excluding hydrogens is 200 g/mol. The van der Waals surface area contributed by atoms with Gasteiger partial charge in [0, 0.05) is 10.1 Å². The van der Waals surface area contributed by atoms with Crippen LogP contribution < -0.4 is 0 Å². The number of hydrogen-bond donors (Lipinski definition) is 2. The second-order valence-corrected chi connectivity index (χ2v) is 4.08. The van der Waals surface area contributed by atoms with E-state index >= 15 is 0 Å². The molecule has 0 atom stereocenters. The molecule has 3 nitrogen and oxygen atoms in total. The van der Waals surface area contributed by atoms with Gasteiger partial charge in [-0.15, -0.1) is 11.3 Å². The number of hydrogen-bond acceptors (Lipinski definition) is 3. The van der Waals surface area contributed by atoms with Gasteiger partial charge in [-0.2, -0.15) is 0 Å². The lowest BCUT2D eigenvalue weighted by atomic mass is 10.2. The van der Waals surface area contributed by atoms with E-state index < -0.39 is 5.97 Å². The third-order valence-electron chi connectivity index (χ3n) is 1.95. The Hall–Kier alpha value is -1.55. The van der Waals surface area contributed by atoms with Crippen LogP contribution in [0.15, 0.2) is 24.3 Å². The summed E-state index contributed by atoms with van der Waals surface area (Å²) in [6.07, 6.45) is -0.120. The first kappa shape index (κ1) is 9.02. The fraction of sp³-hybridized carbons (Fsp3) is 0.100. The van der Waals surface area contributed by atoms with E-state index in [1.807, 2.05) is 18.2 Å². The van der Waals surface area contributed by atoms with Gasteiger partial charge in [0.25, 0.3) is 0 Å². The molecule has 1 aromatic carbocycles. The topological polar surface area (TPSA) is 57.5 Å². The van der Waals surface area contributed by atoms with E-state index in [0.717, 1.165) is 10.1 Å². The number of benzene rings is 1. The minimum Gasteiger partial charge on any atom is -0.506 e. The lowest BCUT2D eigenvalue weighted by molar-refractivity contribution is -0.136. The van der Waals surface area contributed by atoms with Gasteiger partial charge in [-0.25, -0.2) is 0 Å². The van der Waals surface area contributed by atoms with Crippen molar-refractivity contribution in [2.24, 2.45) is 0 Å². The van der Waals surface area contributed by atoms with Crippen molar-refractivity contribution in [1.29, 1.82) is 0 Å². The number of rotatable bonds is 2. The molecule has 0 radical (unpaired) electrons. The molecule has 1 aromatic heterocycles. The molecule has 2 N–H and O–H groups in total. The molecule has 1 heterocycles. The van der Waals surface area contributed by atoms with Crippen molar-refractivity contribution in [2.45, 2.75) is 6.42 Å². The molecule has 0 spiro atoms. The van der Waals surface area contributed by atoms with Crippen molar-refractivity contribution in [3.63, 3.8) is 0 Å². The standard InChI is InChI=1S/C10H8O3S/c11-9(12)5-8-10(13)6-3-1-2-4-7(6)14-8/h1-4,13H,5H2,(H,11,12). The summed E-state index contributed by atoms with van der Waals surface area (Å²) in [5, 5.41) is 19.0. The number of thiophene rings is 1. The van der Waals surface area contributed by atoms with Gasteiger partial charge in [-0.1, -0.05) is 12.1 Å². The molecule has 0 amide bonds. The first-order valence-corrected chi connectivity index (χ1v) is 4.91. The Balaban J connectivity index is 2.57. The number of fused-ring (bicyclic) bond motifs is 1. The van der Waals surface area contributed by atoms with Crippen molar-refractivity contribution in [1.82, 2.24) is 0 Å². The van der Waals surface area contributed by atoms with Crippen molar-refractivity contribution >= 4 is 27.4 Å². The maximum Gasteiger partial charge on any atom is 0.308 e. The van der Waals surface area contributed by atoms with Gasteiger partial charge in [0.1, 0.15) is 5.75 Å². The lowest BCUT2D eigenvalue weighted by Gasteiger charge is -1.92. The van der Waals surface area contributed by atoms with Gasteiger partial charge in [0.15, 0.2) is 0 Å². The molecule has 0 saturated carbocycles. The highest BCUT2D eigenvalue weighted by Gasteiger charge is 2.12. The van der Waals surface area contributed by atoms with E-state index in [0.29, 0.717) is 4.88 Å². The SMILES string of the molecule is O=C(O)Cc1sc2ccccc2c1O. The molecule has 0 aliphatic carbocycles. The smallest absolute Gasteiger partial charge is 0.308 e. The number of carboxylic acid groups (broad SMARTS) is 1. The minimum atomic E-state index is -0.924. The van der Waals surface area contributed by atoms with E-state index in [2.05, 4.69) is 0 Å². The van der Waals surface area contributed by atoms with Crippen LogP contribution in [-0.4, -0.2) is 16.2 Å². The van der Waals surface area contributed by atoms with Gasteiger partial charge < -0.3 is 10.2 Å². The lowest BCUT2D eigenvalue weighted by Crippen LogP contribution is -1.97. The molecule has 2 aromatic rings. The molecule has 72 valence electrons. The Morgan fingerprint density at radius 3 is 2.71 bits per heavy atom. The average Bonchev–Trinajstić information content (AvgIpc) is 2.44. The van der Waals surface area contributed by atoms with Crippen LogP contribution in [-0.2, 0) is 11.2 Å². The van der Waals surface area contributed by atoms with Gasteiger partial charge in [0.2, 0.25) is 0 Å². The molecule has 4 heteroatoms. The van der Waals surface area contributed by atoms with Crippen LogP contribution in [0.25, 0.3) is 10.1 Å². The molecule has 0 unspecified atom stereocenters. The van der Waals surface area contributed by atoms with Crippen LogP contribution in [0.2, 0.25) is 0 Å².